The number of hydrogen-bond acceptors (Lipinski definition) is 2. The predicted octanol–water partition coefficient (Wildman–Crippen LogP) is 2.60. The van der Waals surface area contributed by atoms with Gasteiger partial charge in [-0.05, 0) is 42.0 Å². The highest BCUT2D eigenvalue weighted by atomic mass is 16.1. The molecule has 106 valence electrons. The number of benzene rings is 1. The average molecular weight is 262 g/mol. The molecule has 1 aromatic carbocycles. The molecule has 3 heteroatoms. The van der Waals surface area contributed by atoms with Gasteiger partial charge in [0.1, 0.15) is 0 Å². The fourth-order valence-electron chi connectivity index (χ4n) is 1.65. The standard InChI is InChI=1S/C16H26N2O/c1-12(2)16(3,4)11-18-15(19)14-7-5-6-13(10-14)8-9-17/h5-7,10,12H,8-9,11,17H2,1-4H3,(H,18,19). The molecule has 0 unspecified atom stereocenters. The zero-order valence-electron chi connectivity index (χ0n) is 12.5. The van der Waals surface area contributed by atoms with Crippen LogP contribution in [0.5, 0.6) is 0 Å². The van der Waals surface area contributed by atoms with Gasteiger partial charge in [-0.2, -0.15) is 0 Å². The van der Waals surface area contributed by atoms with Gasteiger partial charge in [0.25, 0.3) is 5.91 Å². The number of hydrogen-bond donors (Lipinski definition) is 2. The summed E-state index contributed by atoms with van der Waals surface area (Å²) in [6.45, 7) is 9.98. The zero-order valence-corrected chi connectivity index (χ0v) is 12.5. The highest BCUT2D eigenvalue weighted by Crippen LogP contribution is 2.24. The van der Waals surface area contributed by atoms with Gasteiger partial charge in [0.15, 0.2) is 0 Å². The van der Waals surface area contributed by atoms with Crippen LogP contribution in [-0.2, 0) is 6.42 Å². The van der Waals surface area contributed by atoms with Gasteiger partial charge in [0.05, 0.1) is 0 Å². The first-order chi connectivity index (χ1) is 8.86. The van der Waals surface area contributed by atoms with E-state index in [9.17, 15) is 4.79 Å². The Morgan fingerprint density at radius 3 is 2.63 bits per heavy atom. The lowest BCUT2D eigenvalue weighted by Crippen LogP contribution is -2.37. The molecule has 3 nitrogen and oxygen atoms in total. The van der Waals surface area contributed by atoms with Crippen LogP contribution in [0.25, 0.3) is 0 Å². The lowest BCUT2D eigenvalue weighted by Gasteiger charge is -2.29. The first kappa shape index (κ1) is 15.7. The molecule has 0 bridgehead atoms. The van der Waals surface area contributed by atoms with Gasteiger partial charge in [-0.1, -0.05) is 39.8 Å². The van der Waals surface area contributed by atoms with E-state index in [4.69, 9.17) is 5.73 Å². The van der Waals surface area contributed by atoms with Crippen LogP contribution in [0.2, 0.25) is 0 Å². The van der Waals surface area contributed by atoms with E-state index in [1.807, 2.05) is 24.3 Å². The second-order valence-electron chi connectivity index (χ2n) is 6.07. The molecule has 0 aliphatic rings. The summed E-state index contributed by atoms with van der Waals surface area (Å²) < 4.78 is 0. The maximum absolute atomic E-state index is 12.1. The second-order valence-corrected chi connectivity index (χ2v) is 6.07. The summed E-state index contributed by atoms with van der Waals surface area (Å²) in [5, 5.41) is 3.02. The highest BCUT2D eigenvalue weighted by molar-refractivity contribution is 5.94. The number of nitrogens with two attached hydrogens (primary N) is 1. The summed E-state index contributed by atoms with van der Waals surface area (Å²) in [7, 11) is 0. The molecule has 0 saturated heterocycles. The van der Waals surface area contributed by atoms with Crippen molar-refractivity contribution in [1.29, 1.82) is 0 Å². The molecule has 1 rings (SSSR count). The van der Waals surface area contributed by atoms with Crippen molar-refractivity contribution in [3.8, 4) is 0 Å². The van der Waals surface area contributed by atoms with Crippen molar-refractivity contribution < 1.29 is 4.79 Å². The molecule has 1 aromatic rings. The van der Waals surface area contributed by atoms with E-state index in [-0.39, 0.29) is 11.3 Å². The predicted molar refractivity (Wildman–Crippen MR) is 80.2 cm³/mol. The van der Waals surface area contributed by atoms with Crippen molar-refractivity contribution in [2.24, 2.45) is 17.1 Å². The van der Waals surface area contributed by atoms with Gasteiger partial charge in [-0.15, -0.1) is 0 Å². The van der Waals surface area contributed by atoms with Crippen molar-refractivity contribution in [3.05, 3.63) is 35.4 Å². The Morgan fingerprint density at radius 1 is 1.37 bits per heavy atom. The minimum Gasteiger partial charge on any atom is -0.351 e. The minimum atomic E-state index is -0.00686. The van der Waals surface area contributed by atoms with E-state index in [1.165, 1.54) is 0 Å². The molecular weight excluding hydrogens is 236 g/mol. The smallest absolute Gasteiger partial charge is 0.251 e. The SMILES string of the molecule is CC(C)C(C)(C)CNC(=O)c1cccc(CCN)c1. The van der Waals surface area contributed by atoms with Gasteiger partial charge in [-0.3, -0.25) is 4.79 Å². The van der Waals surface area contributed by atoms with Gasteiger partial charge < -0.3 is 11.1 Å². The molecule has 0 saturated carbocycles. The Bertz CT molecular complexity index is 425. The molecule has 0 spiro atoms. The molecule has 0 heterocycles. The van der Waals surface area contributed by atoms with Crippen LogP contribution in [-0.4, -0.2) is 19.0 Å². The lowest BCUT2D eigenvalue weighted by atomic mass is 9.81. The Kier molecular flexibility index (Phi) is 5.55. The van der Waals surface area contributed by atoms with Crippen LogP contribution in [0, 0.1) is 11.3 Å². The van der Waals surface area contributed by atoms with E-state index < -0.39 is 0 Å². The molecule has 0 atom stereocenters. The van der Waals surface area contributed by atoms with Gasteiger partial charge in [0, 0.05) is 12.1 Å². The van der Waals surface area contributed by atoms with Crippen LogP contribution < -0.4 is 11.1 Å². The maximum Gasteiger partial charge on any atom is 0.251 e. The van der Waals surface area contributed by atoms with E-state index >= 15 is 0 Å². The number of carbonyl (C=O) groups is 1. The average Bonchev–Trinajstić information content (AvgIpc) is 2.36. The third-order valence-electron chi connectivity index (χ3n) is 3.89. The topological polar surface area (TPSA) is 55.1 Å². The lowest BCUT2D eigenvalue weighted by molar-refractivity contribution is 0.0924. The molecule has 19 heavy (non-hydrogen) atoms. The molecule has 0 aliphatic heterocycles. The molecule has 3 N–H and O–H groups in total. The third-order valence-corrected chi connectivity index (χ3v) is 3.89. The van der Waals surface area contributed by atoms with Gasteiger partial charge in [-0.25, -0.2) is 0 Å². The van der Waals surface area contributed by atoms with Crippen molar-refractivity contribution in [2.75, 3.05) is 13.1 Å². The van der Waals surface area contributed by atoms with Crippen molar-refractivity contribution in [2.45, 2.75) is 34.1 Å². The Balaban J connectivity index is 2.66. The Hall–Kier alpha value is -1.35. The number of nitrogens with one attached hydrogen (secondary N) is 1. The largest absolute Gasteiger partial charge is 0.351 e. The number of rotatable bonds is 6. The van der Waals surface area contributed by atoms with Crippen LogP contribution in [0.4, 0.5) is 0 Å². The van der Waals surface area contributed by atoms with Crippen molar-refractivity contribution in [3.63, 3.8) is 0 Å². The molecule has 1 amide bonds. The second kappa shape index (κ2) is 6.71. The van der Waals surface area contributed by atoms with Crippen LogP contribution >= 0.6 is 0 Å². The van der Waals surface area contributed by atoms with E-state index in [0.29, 0.717) is 24.6 Å². The summed E-state index contributed by atoms with van der Waals surface area (Å²) >= 11 is 0. The minimum absolute atomic E-state index is 0.00686. The normalized spacial score (nSPS) is 11.7. The number of carbonyl (C=O) groups excluding carboxylic acids is 1. The van der Waals surface area contributed by atoms with Crippen LogP contribution in [0.3, 0.4) is 0 Å². The molecule has 0 fully saturated rings. The van der Waals surface area contributed by atoms with Crippen LogP contribution in [0.1, 0.15) is 43.6 Å². The molecule has 0 radical (unpaired) electrons. The fourth-order valence-corrected chi connectivity index (χ4v) is 1.65. The third kappa shape index (κ3) is 4.67. The highest BCUT2D eigenvalue weighted by Gasteiger charge is 2.23. The monoisotopic (exact) mass is 262 g/mol. The van der Waals surface area contributed by atoms with Gasteiger partial charge in [0.2, 0.25) is 0 Å². The van der Waals surface area contributed by atoms with E-state index in [0.717, 1.165) is 12.0 Å². The van der Waals surface area contributed by atoms with Crippen LogP contribution in [0.15, 0.2) is 24.3 Å². The van der Waals surface area contributed by atoms with Crippen molar-refractivity contribution >= 4 is 5.91 Å². The first-order valence-electron chi connectivity index (χ1n) is 6.94. The summed E-state index contributed by atoms with van der Waals surface area (Å²) in [6.07, 6.45) is 0.804. The quantitative estimate of drug-likeness (QED) is 0.828. The molecular formula is C16H26N2O. The summed E-state index contributed by atoms with van der Waals surface area (Å²) in [6, 6.07) is 7.68. The van der Waals surface area contributed by atoms with E-state index in [2.05, 4.69) is 33.0 Å². The Morgan fingerprint density at radius 2 is 2.05 bits per heavy atom. The van der Waals surface area contributed by atoms with E-state index in [1.54, 1.807) is 0 Å². The summed E-state index contributed by atoms with van der Waals surface area (Å²) in [4.78, 5) is 12.1. The van der Waals surface area contributed by atoms with Crippen molar-refractivity contribution in [1.82, 2.24) is 5.32 Å². The fraction of sp³-hybridized carbons (Fsp3) is 0.562. The molecule has 0 aromatic heterocycles. The Labute approximate surface area is 116 Å². The maximum atomic E-state index is 12.1. The van der Waals surface area contributed by atoms with Gasteiger partial charge >= 0.3 is 0 Å². The first-order valence-corrected chi connectivity index (χ1v) is 6.94. The number of amides is 1. The summed E-state index contributed by atoms with van der Waals surface area (Å²) in [5.41, 5.74) is 7.46. The summed E-state index contributed by atoms with van der Waals surface area (Å²) in [5.74, 6) is 0.518. The zero-order chi connectivity index (χ0) is 14.5. The molecule has 0 aliphatic carbocycles.